The molecule has 0 amide bonds. The molecule has 4 unspecified atom stereocenters. The minimum absolute atomic E-state index is 0.179. The van der Waals surface area contributed by atoms with Gasteiger partial charge >= 0.3 is 0 Å². The Balaban J connectivity index is 1.75. The fraction of sp³-hybridized carbons (Fsp3) is 0.793. The highest BCUT2D eigenvalue weighted by Crippen LogP contribution is 2.62. The Kier molecular flexibility index (Phi) is 7.43. The Labute approximate surface area is 187 Å². The van der Waals surface area contributed by atoms with Crippen molar-refractivity contribution in [3.8, 4) is 0 Å². The molecule has 3 aliphatic carbocycles. The second kappa shape index (κ2) is 9.35. The highest BCUT2D eigenvalue weighted by molar-refractivity contribution is 5.36. The van der Waals surface area contributed by atoms with E-state index in [1.165, 1.54) is 56.1 Å². The molecule has 3 saturated carbocycles. The molecule has 0 aromatic rings. The molecule has 0 bridgehead atoms. The van der Waals surface area contributed by atoms with Gasteiger partial charge in [0.2, 0.25) is 0 Å². The molecular formula is C29H48O. The second-order valence-electron chi connectivity index (χ2n) is 12.2. The Morgan fingerprint density at radius 1 is 1.13 bits per heavy atom. The maximum Gasteiger partial charge on any atom is 0.0583 e. The van der Waals surface area contributed by atoms with Crippen molar-refractivity contribution >= 4 is 0 Å². The van der Waals surface area contributed by atoms with Gasteiger partial charge in [0.05, 0.1) is 6.10 Å². The average Bonchev–Trinajstić information content (AvgIpc) is 3.05. The maximum absolute atomic E-state index is 10.1. The molecule has 0 aromatic carbocycles. The van der Waals surface area contributed by atoms with Gasteiger partial charge in [0.15, 0.2) is 0 Å². The van der Waals surface area contributed by atoms with Crippen molar-refractivity contribution in [1.82, 2.24) is 0 Å². The number of hydrogen-bond donors (Lipinski definition) is 1. The van der Waals surface area contributed by atoms with Gasteiger partial charge in [0, 0.05) is 0 Å². The maximum atomic E-state index is 10.1. The summed E-state index contributed by atoms with van der Waals surface area (Å²) < 4.78 is 0. The number of aliphatic hydroxyl groups excluding tert-OH is 1. The van der Waals surface area contributed by atoms with Crippen LogP contribution < -0.4 is 0 Å². The number of fused-ring (bicyclic) bond motifs is 1. The van der Waals surface area contributed by atoms with Gasteiger partial charge < -0.3 is 5.11 Å². The van der Waals surface area contributed by atoms with E-state index in [-0.39, 0.29) is 6.10 Å². The van der Waals surface area contributed by atoms with Gasteiger partial charge in [-0.3, -0.25) is 0 Å². The SMILES string of the molecule is C=C1CC[C@H](O)C/C1=C/C=C1\CCCC2(C)C1CCC2C(C)(C)CCC(C)C(C)C. The predicted molar refractivity (Wildman–Crippen MR) is 130 cm³/mol. The lowest BCUT2D eigenvalue weighted by Gasteiger charge is -2.48. The van der Waals surface area contributed by atoms with Crippen LogP contribution in [-0.2, 0) is 0 Å². The van der Waals surface area contributed by atoms with Crippen molar-refractivity contribution in [3.63, 3.8) is 0 Å². The Morgan fingerprint density at radius 3 is 2.57 bits per heavy atom. The van der Waals surface area contributed by atoms with Gasteiger partial charge in [0.25, 0.3) is 0 Å². The van der Waals surface area contributed by atoms with E-state index in [2.05, 4.69) is 60.3 Å². The second-order valence-corrected chi connectivity index (χ2v) is 12.2. The minimum atomic E-state index is -0.179. The molecule has 170 valence electrons. The molecule has 0 radical (unpaired) electrons. The summed E-state index contributed by atoms with van der Waals surface area (Å²) in [6, 6.07) is 0. The molecule has 0 aromatic heterocycles. The van der Waals surface area contributed by atoms with E-state index in [1.807, 2.05) is 0 Å². The lowest BCUT2D eigenvalue weighted by atomic mass is 9.56. The van der Waals surface area contributed by atoms with Crippen molar-refractivity contribution in [2.24, 2.45) is 34.5 Å². The van der Waals surface area contributed by atoms with Crippen molar-refractivity contribution in [2.75, 3.05) is 0 Å². The molecule has 0 heterocycles. The molecule has 1 N–H and O–H groups in total. The number of allylic oxidation sites excluding steroid dienone is 4. The van der Waals surface area contributed by atoms with Crippen LogP contribution in [-0.4, -0.2) is 11.2 Å². The van der Waals surface area contributed by atoms with E-state index in [1.54, 1.807) is 5.57 Å². The zero-order chi connectivity index (χ0) is 22.1. The minimum Gasteiger partial charge on any atom is -0.393 e. The van der Waals surface area contributed by atoms with E-state index in [9.17, 15) is 5.11 Å². The molecule has 1 nitrogen and oxygen atoms in total. The molecule has 30 heavy (non-hydrogen) atoms. The summed E-state index contributed by atoms with van der Waals surface area (Å²) in [6.07, 6.45) is 16.7. The summed E-state index contributed by atoms with van der Waals surface area (Å²) in [5.74, 6) is 3.19. The highest BCUT2D eigenvalue weighted by Gasteiger charge is 2.53. The standard InChI is InChI=1S/C29H48O/c1-20(2)21(3)16-18-28(5,6)27-15-14-26-23(9-8-17-29(26,27)7)11-12-24-19-25(30)13-10-22(24)4/h11-12,20-21,25-27,30H,4,8-10,13-19H2,1-3,5-7H3/b23-11+,24-12-/t21?,25-,26?,27?,29?/m0/s1. The Hall–Kier alpha value is -0.820. The Morgan fingerprint density at radius 2 is 1.87 bits per heavy atom. The predicted octanol–water partition coefficient (Wildman–Crippen LogP) is 8.26. The van der Waals surface area contributed by atoms with E-state index in [0.717, 1.165) is 42.9 Å². The zero-order valence-corrected chi connectivity index (χ0v) is 20.8. The smallest absolute Gasteiger partial charge is 0.0583 e. The molecule has 0 spiro atoms. The third kappa shape index (κ3) is 4.98. The molecule has 3 rings (SSSR count). The fourth-order valence-electron chi connectivity index (χ4n) is 7.03. The van der Waals surface area contributed by atoms with Crippen LogP contribution in [0.4, 0.5) is 0 Å². The van der Waals surface area contributed by atoms with E-state index >= 15 is 0 Å². The third-order valence-electron chi connectivity index (χ3n) is 9.48. The van der Waals surface area contributed by atoms with E-state index < -0.39 is 0 Å². The highest BCUT2D eigenvalue weighted by atomic mass is 16.3. The average molecular weight is 413 g/mol. The first-order valence-corrected chi connectivity index (χ1v) is 12.8. The van der Waals surface area contributed by atoms with Gasteiger partial charge in [-0.2, -0.15) is 0 Å². The van der Waals surface area contributed by atoms with Crippen molar-refractivity contribution in [3.05, 3.63) is 35.5 Å². The first-order valence-electron chi connectivity index (χ1n) is 12.8. The summed E-state index contributed by atoms with van der Waals surface area (Å²) in [6.45, 7) is 19.2. The van der Waals surface area contributed by atoms with Crippen LogP contribution in [0.3, 0.4) is 0 Å². The van der Waals surface area contributed by atoms with Gasteiger partial charge in [-0.15, -0.1) is 0 Å². The molecule has 0 saturated heterocycles. The normalized spacial score (nSPS) is 36.5. The topological polar surface area (TPSA) is 20.2 Å². The van der Waals surface area contributed by atoms with Crippen molar-refractivity contribution in [2.45, 2.75) is 112 Å². The monoisotopic (exact) mass is 412 g/mol. The number of aliphatic hydroxyl groups is 1. The molecular weight excluding hydrogens is 364 g/mol. The lowest BCUT2D eigenvalue weighted by Crippen LogP contribution is -2.40. The van der Waals surface area contributed by atoms with Crippen molar-refractivity contribution < 1.29 is 5.11 Å². The van der Waals surface area contributed by atoms with E-state index in [0.29, 0.717) is 10.8 Å². The molecule has 1 heteroatoms. The van der Waals surface area contributed by atoms with Gasteiger partial charge in [-0.25, -0.2) is 0 Å². The first-order chi connectivity index (χ1) is 14.0. The summed E-state index contributed by atoms with van der Waals surface area (Å²) in [5.41, 5.74) is 5.08. The van der Waals surface area contributed by atoms with Gasteiger partial charge in [-0.05, 0) is 104 Å². The van der Waals surface area contributed by atoms with Crippen LogP contribution in [0.5, 0.6) is 0 Å². The van der Waals surface area contributed by atoms with Crippen LogP contribution in [0.15, 0.2) is 35.5 Å². The summed E-state index contributed by atoms with van der Waals surface area (Å²) in [4.78, 5) is 0. The van der Waals surface area contributed by atoms with Crippen molar-refractivity contribution in [1.29, 1.82) is 0 Å². The quantitative estimate of drug-likeness (QED) is 0.465. The van der Waals surface area contributed by atoms with Crippen LogP contribution in [0.2, 0.25) is 0 Å². The summed E-state index contributed by atoms with van der Waals surface area (Å²) in [5, 5.41) is 10.1. The molecule has 3 fully saturated rings. The fourth-order valence-corrected chi connectivity index (χ4v) is 7.03. The zero-order valence-electron chi connectivity index (χ0n) is 20.8. The molecule has 3 aliphatic rings. The van der Waals surface area contributed by atoms with E-state index in [4.69, 9.17) is 0 Å². The van der Waals surface area contributed by atoms with Crippen LogP contribution in [0.1, 0.15) is 106 Å². The first kappa shape index (κ1) is 23.8. The Bertz CT molecular complexity index is 678. The third-order valence-corrected chi connectivity index (χ3v) is 9.48. The number of hydrogen-bond acceptors (Lipinski definition) is 1. The lowest BCUT2D eigenvalue weighted by molar-refractivity contribution is 0.0358. The molecule has 5 atom stereocenters. The number of rotatable bonds is 6. The van der Waals surface area contributed by atoms with Crippen LogP contribution in [0, 0.1) is 34.5 Å². The largest absolute Gasteiger partial charge is 0.393 e. The van der Waals surface area contributed by atoms with Crippen LogP contribution >= 0.6 is 0 Å². The molecule has 0 aliphatic heterocycles. The van der Waals surface area contributed by atoms with Crippen LogP contribution in [0.25, 0.3) is 0 Å². The summed E-state index contributed by atoms with van der Waals surface area (Å²) in [7, 11) is 0. The van der Waals surface area contributed by atoms with Gasteiger partial charge in [0.1, 0.15) is 0 Å². The summed E-state index contributed by atoms with van der Waals surface area (Å²) >= 11 is 0. The van der Waals surface area contributed by atoms with Gasteiger partial charge in [-0.1, -0.05) is 71.4 Å².